The van der Waals surface area contributed by atoms with Gasteiger partial charge in [0.2, 0.25) is 0 Å². The summed E-state index contributed by atoms with van der Waals surface area (Å²) < 4.78 is 43.4. The molecule has 0 atom stereocenters. The SMILES string of the molecule is COCCNCc1cnn(C)c1C(F)(F)F.Cl. The lowest BCUT2D eigenvalue weighted by molar-refractivity contribution is -0.144. The minimum absolute atomic E-state index is 0. The van der Waals surface area contributed by atoms with E-state index in [0.29, 0.717) is 13.2 Å². The highest BCUT2D eigenvalue weighted by Crippen LogP contribution is 2.31. The predicted molar refractivity (Wildman–Crippen MR) is 59.0 cm³/mol. The van der Waals surface area contributed by atoms with Gasteiger partial charge in [-0.15, -0.1) is 12.4 Å². The summed E-state index contributed by atoms with van der Waals surface area (Å²) in [6, 6.07) is 0. The normalized spacial score (nSPS) is 11.4. The number of ether oxygens (including phenoxy) is 1. The monoisotopic (exact) mass is 273 g/mol. The van der Waals surface area contributed by atoms with E-state index in [1.165, 1.54) is 20.4 Å². The van der Waals surface area contributed by atoms with Crippen LogP contribution in [0.15, 0.2) is 6.20 Å². The average Bonchev–Trinajstić information content (AvgIpc) is 2.54. The molecule has 1 aromatic rings. The number of aromatic nitrogens is 2. The fourth-order valence-electron chi connectivity index (χ4n) is 1.38. The van der Waals surface area contributed by atoms with Crippen molar-refractivity contribution in [2.45, 2.75) is 12.7 Å². The van der Waals surface area contributed by atoms with Crippen LogP contribution in [0.1, 0.15) is 11.3 Å². The standard InChI is InChI=1S/C9H14F3N3O.ClH/c1-15-8(9(10,11)12)7(6-14-15)5-13-3-4-16-2;/h6,13H,3-5H2,1-2H3;1H. The van der Waals surface area contributed by atoms with Gasteiger partial charge in [-0.1, -0.05) is 0 Å². The largest absolute Gasteiger partial charge is 0.433 e. The summed E-state index contributed by atoms with van der Waals surface area (Å²) in [7, 11) is 2.81. The predicted octanol–water partition coefficient (Wildman–Crippen LogP) is 1.60. The lowest BCUT2D eigenvalue weighted by Crippen LogP contribution is -2.21. The number of alkyl halides is 3. The Labute approximate surface area is 104 Å². The molecule has 1 rings (SSSR count). The lowest BCUT2D eigenvalue weighted by atomic mass is 10.2. The van der Waals surface area contributed by atoms with Gasteiger partial charge in [-0.05, 0) is 0 Å². The molecule has 0 aromatic carbocycles. The van der Waals surface area contributed by atoms with Gasteiger partial charge in [-0.2, -0.15) is 18.3 Å². The van der Waals surface area contributed by atoms with E-state index >= 15 is 0 Å². The van der Waals surface area contributed by atoms with E-state index in [9.17, 15) is 13.2 Å². The van der Waals surface area contributed by atoms with Crippen molar-refractivity contribution in [1.82, 2.24) is 15.1 Å². The van der Waals surface area contributed by atoms with Crippen LogP contribution in [0.3, 0.4) is 0 Å². The van der Waals surface area contributed by atoms with Gasteiger partial charge in [0, 0.05) is 32.8 Å². The minimum Gasteiger partial charge on any atom is -0.383 e. The number of halogens is 4. The first kappa shape index (κ1) is 16.2. The van der Waals surface area contributed by atoms with Crippen molar-refractivity contribution in [1.29, 1.82) is 0 Å². The zero-order valence-electron chi connectivity index (χ0n) is 9.54. The van der Waals surface area contributed by atoms with Gasteiger partial charge in [0.1, 0.15) is 5.69 Å². The first-order valence-electron chi connectivity index (χ1n) is 4.74. The van der Waals surface area contributed by atoms with Crippen molar-refractivity contribution in [2.24, 2.45) is 7.05 Å². The van der Waals surface area contributed by atoms with E-state index in [4.69, 9.17) is 4.74 Å². The summed E-state index contributed by atoms with van der Waals surface area (Å²) in [5, 5.41) is 6.46. The third-order valence-corrected chi connectivity index (χ3v) is 2.08. The zero-order chi connectivity index (χ0) is 12.2. The molecule has 0 bridgehead atoms. The van der Waals surface area contributed by atoms with Crippen molar-refractivity contribution >= 4 is 12.4 Å². The van der Waals surface area contributed by atoms with Crippen molar-refractivity contribution < 1.29 is 17.9 Å². The second-order valence-electron chi connectivity index (χ2n) is 3.31. The van der Waals surface area contributed by atoms with Crippen molar-refractivity contribution in [3.05, 3.63) is 17.5 Å². The molecule has 1 N–H and O–H groups in total. The van der Waals surface area contributed by atoms with E-state index in [-0.39, 0.29) is 24.5 Å². The fraction of sp³-hybridized carbons (Fsp3) is 0.667. The minimum atomic E-state index is -4.37. The highest BCUT2D eigenvalue weighted by atomic mass is 35.5. The molecule has 0 aliphatic rings. The summed E-state index contributed by atoms with van der Waals surface area (Å²) in [5.41, 5.74) is -0.566. The number of rotatable bonds is 5. The van der Waals surface area contributed by atoms with Gasteiger partial charge in [-0.25, -0.2) is 0 Å². The first-order valence-corrected chi connectivity index (χ1v) is 4.74. The van der Waals surface area contributed by atoms with Gasteiger partial charge in [-0.3, -0.25) is 4.68 Å². The molecule has 0 aliphatic carbocycles. The topological polar surface area (TPSA) is 39.1 Å². The molecular weight excluding hydrogens is 259 g/mol. The molecule has 0 radical (unpaired) electrons. The summed E-state index contributed by atoms with van der Waals surface area (Å²) in [6.45, 7) is 1.09. The quantitative estimate of drug-likeness (QED) is 0.828. The van der Waals surface area contributed by atoms with Crippen LogP contribution >= 0.6 is 12.4 Å². The molecule has 0 amide bonds. The number of nitrogens with zero attached hydrogens (tertiary/aromatic N) is 2. The van der Waals surface area contributed by atoms with Crippen LogP contribution in [-0.4, -0.2) is 30.0 Å². The molecule has 8 heteroatoms. The van der Waals surface area contributed by atoms with Crippen LogP contribution in [0.5, 0.6) is 0 Å². The number of nitrogens with one attached hydrogen (secondary N) is 1. The summed E-state index contributed by atoms with van der Waals surface area (Å²) in [4.78, 5) is 0. The third kappa shape index (κ3) is 4.53. The molecule has 0 saturated carbocycles. The van der Waals surface area contributed by atoms with Gasteiger partial charge in [0.25, 0.3) is 0 Å². The molecule has 0 saturated heterocycles. The van der Waals surface area contributed by atoms with Crippen LogP contribution in [-0.2, 0) is 24.5 Å². The third-order valence-electron chi connectivity index (χ3n) is 2.08. The van der Waals surface area contributed by atoms with Crippen molar-refractivity contribution in [3.63, 3.8) is 0 Å². The molecule has 4 nitrogen and oxygen atoms in total. The highest BCUT2D eigenvalue weighted by molar-refractivity contribution is 5.85. The molecule has 100 valence electrons. The number of methoxy groups -OCH3 is 1. The van der Waals surface area contributed by atoms with E-state index < -0.39 is 11.9 Å². The van der Waals surface area contributed by atoms with E-state index in [0.717, 1.165) is 4.68 Å². The summed E-state index contributed by atoms with van der Waals surface area (Å²) in [6.07, 6.45) is -3.15. The summed E-state index contributed by atoms with van der Waals surface area (Å²) >= 11 is 0. The van der Waals surface area contributed by atoms with Crippen LogP contribution in [0.4, 0.5) is 13.2 Å². The molecule has 17 heavy (non-hydrogen) atoms. The van der Waals surface area contributed by atoms with Crippen LogP contribution in [0, 0.1) is 0 Å². The highest BCUT2D eigenvalue weighted by Gasteiger charge is 2.36. The van der Waals surface area contributed by atoms with Gasteiger partial charge < -0.3 is 10.1 Å². The van der Waals surface area contributed by atoms with E-state index in [1.54, 1.807) is 0 Å². The number of hydrogen-bond donors (Lipinski definition) is 1. The number of hydrogen-bond acceptors (Lipinski definition) is 3. The Bertz CT molecular complexity index is 341. The van der Waals surface area contributed by atoms with Gasteiger partial charge in [0.05, 0.1) is 12.8 Å². The lowest BCUT2D eigenvalue weighted by Gasteiger charge is -2.10. The molecular formula is C9H15ClF3N3O. The number of aryl methyl sites for hydroxylation is 1. The summed E-state index contributed by atoms with van der Waals surface area (Å²) in [5.74, 6) is 0. The van der Waals surface area contributed by atoms with Crippen molar-refractivity contribution in [3.8, 4) is 0 Å². The van der Waals surface area contributed by atoms with E-state index in [2.05, 4.69) is 10.4 Å². The maximum atomic E-state index is 12.6. The maximum absolute atomic E-state index is 12.6. The van der Waals surface area contributed by atoms with Crippen LogP contribution < -0.4 is 5.32 Å². The average molecular weight is 274 g/mol. The second-order valence-corrected chi connectivity index (χ2v) is 3.31. The Kier molecular flexibility index (Phi) is 6.51. The smallest absolute Gasteiger partial charge is 0.383 e. The van der Waals surface area contributed by atoms with Crippen LogP contribution in [0.25, 0.3) is 0 Å². The molecule has 0 unspecified atom stereocenters. The Hall–Kier alpha value is -0.790. The molecule has 0 spiro atoms. The van der Waals surface area contributed by atoms with E-state index in [1.807, 2.05) is 0 Å². The Morgan fingerprint density at radius 2 is 2.12 bits per heavy atom. The Morgan fingerprint density at radius 3 is 2.65 bits per heavy atom. The first-order chi connectivity index (χ1) is 7.46. The van der Waals surface area contributed by atoms with Gasteiger partial charge >= 0.3 is 6.18 Å². The van der Waals surface area contributed by atoms with Crippen molar-refractivity contribution in [2.75, 3.05) is 20.3 Å². The molecule has 1 heterocycles. The Balaban J connectivity index is 0.00000256. The molecule has 0 fully saturated rings. The second kappa shape index (κ2) is 6.83. The fourth-order valence-corrected chi connectivity index (χ4v) is 1.38. The zero-order valence-corrected chi connectivity index (χ0v) is 10.4. The van der Waals surface area contributed by atoms with Gasteiger partial charge in [0.15, 0.2) is 0 Å². The Morgan fingerprint density at radius 1 is 1.47 bits per heavy atom. The maximum Gasteiger partial charge on any atom is 0.433 e. The molecule has 0 aliphatic heterocycles. The van der Waals surface area contributed by atoms with Crippen LogP contribution in [0.2, 0.25) is 0 Å². The molecule has 1 aromatic heterocycles.